The number of nitrogens with zero attached hydrogens (tertiary/aromatic N) is 1. The van der Waals surface area contributed by atoms with Crippen LogP contribution in [0.25, 0.3) is 0 Å². The maximum absolute atomic E-state index is 9.11. The topological polar surface area (TPSA) is 41.8 Å². The fourth-order valence-corrected chi connectivity index (χ4v) is 3.41. The quantitative estimate of drug-likeness (QED) is 0.424. The maximum Gasteiger partial charge on any atom is 0.0890 e. The smallest absolute Gasteiger partial charge is 0.0890 e. The van der Waals surface area contributed by atoms with Crippen LogP contribution in [0.4, 0.5) is 0 Å². The van der Waals surface area contributed by atoms with Gasteiger partial charge in [0, 0.05) is 13.0 Å². The first-order valence-electron chi connectivity index (χ1n) is 5.45. The van der Waals surface area contributed by atoms with Gasteiger partial charge >= 0.3 is 0 Å². The lowest BCUT2D eigenvalue weighted by molar-refractivity contribution is 0.228. The van der Waals surface area contributed by atoms with E-state index in [0.29, 0.717) is 30.3 Å². The average Bonchev–Trinajstić information content (AvgIpc) is 2.86. The van der Waals surface area contributed by atoms with Crippen molar-refractivity contribution in [2.45, 2.75) is 6.42 Å². The normalized spacial score (nSPS) is 43.8. The van der Waals surface area contributed by atoms with Crippen molar-refractivity contribution in [1.82, 2.24) is 0 Å². The molecule has 3 aliphatic carbocycles. The predicted molar refractivity (Wildman–Crippen MR) is 56.9 cm³/mol. The molecule has 0 aliphatic heterocycles. The van der Waals surface area contributed by atoms with Crippen molar-refractivity contribution >= 4 is 5.71 Å². The van der Waals surface area contributed by atoms with Crippen LogP contribution in [-0.2, 0) is 4.74 Å². The molecule has 2 unspecified atom stereocenters. The van der Waals surface area contributed by atoms with Crippen molar-refractivity contribution in [3.8, 4) is 0 Å². The first-order valence-corrected chi connectivity index (χ1v) is 5.45. The largest absolute Gasteiger partial charge is 0.411 e. The van der Waals surface area contributed by atoms with Crippen LogP contribution in [0.1, 0.15) is 6.42 Å². The Bertz CT molecular complexity index is 370. The Morgan fingerprint density at radius 3 is 3.00 bits per heavy atom. The molecular formula is C12H15NO2. The van der Waals surface area contributed by atoms with Crippen LogP contribution in [-0.4, -0.2) is 24.6 Å². The van der Waals surface area contributed by atoms with Crippen LogP contribution in [0.5, 0.6) is 0 Å². The molecule has 1 N–H and O–H groups in total. The van der Waals surface area contributed by atoms with Crippen LogP contribution in [0.3, 0.4) is 0 Å². The van der Waals surface area contributed by atoms with Crippen LogP contribution < -0.4 is 0 Å². The van der Waals surface area contributed by atoms with Crippen molar-refractivity contribution in [3.05, 3.63) is 23.8 Å². The molecule has 3 nitrogen and oxygen atoms in total. The van der Waals surface area contributed by atoms with E-state index in [0.717, 1.165) is 11.3 Å². The molecule has 0 spiro atoms. The SMILES string of the molecule is COCC1=C[C@@H]2C3C=CC(C3)[C@@H]2/C1=N/O. The zero-order valence-corrected chi connectivity index (χ0v) is 8.76. The Balaban J connectivity index is 1.94. The Labute approximate surface area is 89.1 Å². The number of oxime groups is 1. The van der Waals surface area contributed by atoms with E-state index in [1.807, 2.05) is 0 Å². The molecule has 0 aromatic rings. The van der Waals surface area contributed by atoms with Gasteiger partial charge in [-0.2, -0.15) is 0 Å². The molecule has 0 aromatic carbocycles. The zero-order chi connectivity index (χ0) is 10.4. The summed E-state index contributed by atoms with van der Waals surface area (Å²) in [5.74, 6) is 2.20. The summed E-state index contributed by atoms with van der Waals surface area (Å²) in [4.78, 5) is 0. The number of ether oxygens (including phenoxy) is 1. The Hall–Kier alpha value is -1.09. The van der Waals surface area contributed by atoms with Gasteiger partial charge in [-0.3, -0.25) is 0 Å². The molecule has 3 aliphatic rings. The number of hydrogen-bond donors (Lipinski definition) is 1. The summed E-state index contributed by atoms with van der Waals surface area (Å²) in [5, 5.41) is 12.6. The van der Waals surface area contributed by atoms with Crippen LogP contribution in [0.15, 0.2) is 29.0 Å². The Morgan fingerprint density at radius 1 is 1.47 bits per heavy atom. The van der Waals surface area contributed by atoms with E-state index in [1.165, 1.54) is 6.42 Å². The fraction of sp³-hybridized carbons (Fsp3) is 0.583. The fourth-order valence-electron chi connectivity index (χ4n) is 3.41. The summed E-state index contributed by atoms with van der Waals surface area (Å²) in [6.45, 7) is 0.561. The molecule has 3 heteroatoms. The van der Waals surface area contributed by atoms with E-state index < -0.39 is 0 Å². The molecule has 0 saturated heterocycles. The van der Waals surface area contributed by atoms with Crippen LogP contribution in [0.2, 0.25) is 0 Å². The predicted octanol–water partition coefficient (Wildman–Crippen LogP) is 1.84. The lowest BCUT2D eigenvalue weighted by Crippen LogP contribution is -2.22. The number of hydrogen-bond acceptors (Lipinski definition) is 3. The molecule has 4 atom stereocenters. The van der Waals surface area contributed by atoms with Gasteiger partial charge in [-0.05, 0) is 29.7 Å². The standard InChI is InChI=1S/C12H15NO2/c1-15-6-9-5-10-7-2-3-8(4-7)11(10)12(9)13-14/h2-3,5,7-8,10-11,14H,4,6H2,1H3/b13-12+/t7?,8?,10-,11+/m1/s1. The minimum Gasteiger partial charge on any atom is -0.411 e. The summed E-state index contributed by atoms with van der Waals surface area (Å²) in [7, 11) is 1.68. The summed E-state index contributed by atoms with van der Waals surface area (Å²) >= 11 is 0. The second-order valence-corrected chi connectivity index (χ2v) is 4.66. The average molecular weight is 205 g/mol. The third kappa shape index (κ3) is 1.13. The van der Waals surface area contributed by atoms with Gasteiger partial charge in [0.15, 0.2) is 0 Å². The molecule has 0 amide bonds. The Morgan fingerprint density at radius 2 is 2.27 bits per heavy atom. The molecular weight excluding hydrogens is 190 g/mol. The van der Waals surface area contributed by atoms with E-state index in [4.69, 9.17) is 9.94 Å². The third-order valence-electron chi connectivity index (χ3n) is 3.97. The molecule has 1 saturated carbocycles. The van der Waals surface area contributed by atoms with Crippen LogP contribution >= 0.6 is 0 Å². The molecule has 0 aromatic heterocycles. The van der Waals surface area contributed by atoms with Gasteiger partial charge in [-0.25, -0.2) is 0 Å². The molecule has 3 rings (SSSR count). The molecule has 2 bridgehead atoms. The summed E-state index contributed by atoms with van der Waals surface area (Å²) in [6, 6.07) is 0. The minimum atomic E-state index is 0.412. The van der Waals surface area contributed by atoms with Gasteiger partial charge in [0.25, 0.3) is 0 Å². The van der Waals surface area contributed by atoms with Gasteiger partial charge in [0.2, 0.25) is 0 Å². The Kier molecular flexibility index (Phi) is 1.96. The van der Waals surface area contributed by atoms with Gasteiger partial charge in [-0.15, -0.1) is 0 Å². The molecule has 0 radical (unpaired) electrons. The number of rotatable bonds is 2. The minimum absolute atomic E-state index is 0.412. The lowest BCUT2D eigenvalue weighted by atomic mass is 9.84. The van der Waals surface area contributed by atoms with Crippen LogP contribution in [0, 0.1) is 23.7 Å². The molecule has 80 valence electrons. The van der Waals surface area contributed by atoms with Gasteiger partial charge in [0.1, 0.15) is 0 Å². The van der Waals surface area contributed by atoms with Crippen molar-refractivity contribution in [1.29, 1.82) is 0 Å². The second-order valence-electron chi connectivity index (χ2n) is 4.66. The van der Waals surface area contributed by atoms with Gasteiger partial charge < -0.3 is 9.94 Å². The van der Waals surface area contributed by atoms with Gasteiger partial charge in [0.05, 0.1) is 12.3 Å². The third-order valence-corrected chi connectivity index (χ3v) is 3.97. The van der Waals surface area contributed by atoms with Crippen molar-refractivity contribution in [3.63, 3.8) is 0 Å². The van der Waals surface area contributed by atoms with E-state index in [1.54, 1.807) is 7.11 Å². The zero-order valence-electron chi connectivity index (χ0n) is 8.76. The highest BCUT2D eigenvalue weighted by Gasteiger charge is 2.50. The highest BCUT2D eigenvalue weighted by atomic mass is 16.5. The van der Waals surface area contributed by atoms with Gasteiger partial charge in [-0.1, -0.05) is 23.4 Å². The summed E-state index contributed by atoms with van der Waals surface area (Å²) in [6.07, 6.45) is 8.07. The molecule has 15 heavy (non-hydrogen) atoms. The summed E-state index contributed by atoms with van der Waals surface area (Å²) < 4.78 is 5.13. The number of fused-ring (bicyclic) bond motifs is 5. The van der Waals surface area contributed by atoms with E-state index in [9.17, 15) is 0 Å². The lowest BCUT2D eigenvalue weighted by Gasteiger charge is -2.19. The second kappa shape index (κ2) is 3.20. The molecule has 0 heterocycles. The number of allylic oxidation sites excluding steroid dienone is 3. The monoisotopic (exact) mass is 205 g/mol. The summed E-state index contributed by atoms with van der Waals surface area (Å²) in [5.41, 5.74) is 1.94. The van der Waals surface area contributed by atoms with E-state index >= 15 is 0 Å². The number of methoxy groups -OCH3 is 1. The first kappa shape index (κ1) is 9.16. The highest BCUT2D eigenvalue weighted by Crippen LogP contribution is 2.53. The van der Waals surface area contributed by atoms with E-state index in [-0.39, 0.29) is 0 Å². The first-order chi connectivity index (χ1) is 7.35. The van der Waals surface area contributed by atoms with Crippen molar-refractivity contribution in [2.24, 2.45) is 28.8 Å². The highest BCUT2D eigenvalue weighted by molar-refractivity contribution is 6.05. The molecule has 1 fully saturated rings. The van der Waals surface area contributed by atoms with E-state index in [2.05, 4.69) is 23.4 Å². The van der Waals surface area contributed by atoms with Crippen molar-refractivity contribution in [2.75, 3.05) is 13.7 Å². The maximum atomic E-state index is 9.11. The van der Waals surface area contributed by atoms with Crippen molar-refractivity contribution < 1.29 is 9.94 Å².